The van der Waals surface area contributed by atoms with Crippen molar-refractivity contribution >= 4 is 34.8 Å². The van der Waals surface area contributed by atoms with Gasteiger partial charge in [-0.3, -0.25) is 14.4 Å². The number of nitrogens with one attached hydrogen (secondary N) is 2. The van der Waals surface area contributed by atoms with Crippen molar-refractivity contribution in [2.24, 2.45) is 0 Å². The Morgan fingerprint density at radius 2 is 1.87 bits per heavy atom. The van der Waals surface area contributed by atoms with Crippen molar-refractivity contribution in [1.82, 2.24) is 15.1 Å². The van der Waals surface area contributed by atoms with Crippen molar-refractivity contribution < 1.29 is 19.1 Å². The van der Waals surface area contributed by atoms with Crippen molar-refractivity contribution in [2.75, 3.05) is 11.9 Å². The van der Waals surface area contributed by atoms with E-state index in [0.717, 1.165) is 16.3 Å². The number of esters is 1. The number of aryl methyl sites for hydroxylation is 1. The van der Waals surface area contributed by atoms with Crippen LogP contribution in [0.2, 0.25) is 0 Å². The molecule has 0 aliphatic rings. The third-order valence-corrected chi connectivity index (χ3v) is 5.54. The molecule has 9 heteroatoms. The molecule has 0 radical (unpaired) electrons. The van der Waals surface area contributed by atoms with E-state index in [-0.39, 0.29) is 12.3 Å². The standard InChI is InChI=1S/C22H24N4O4S/c1-14-22(15(2)26(25-14)17-8-5-4-6-9-17)24-20(28)13-30-21(29)12-18(23-16(3)27)19-10-7-11-31-19/h4-11,18H,12-13H2,1-3H3,(H,23,27)(H,24,28). The molecule has 0 aliphatic heterocycles. The number of rotatable bonds is 8. The van der Waals surface area contributed by atoms with E-state index in [0.29, 0.717) is 11.4 Å². The number of aromatic nitrogens is 2. The van der Waals surface area contributed by atoms with Crippen LogP contribution in [0.3, 0.4) is 0 Å². The number of hydrogen-bond donors (Lipinski definition) is 2. The Labute approximate surface area is 184 Å². The molecule has 0 fully saturated rings. The third-order valence-electron chi connectivity index (χ3n) is 4.56. The second kappa shape index (κ2) is 10.0. The van der Waals surface area contributed by atoms with Crippen LogP contribution in [0.4, 0.5) is 5.69 Å². The number of carbonyl (C=O) groups is 3. The number of ether oxygens (including phenoxy) is 1. The molecule has 31 heavy (non-hydrogen) atoms. The zero-order valence-corrected chi connectivity index (χ0v) is 18.4. The molecule has 3 aromatic rings. The van der Waals surface area contributed by atoms with Crippen LogP contribution in [0.1, 0.15) is 35.7 Å². The molecule has 162 valence electrons. The van der Waals surface area contributed by atoms with E-state index < -0.39 is 24.5 Å². The molecule has 1 atom stereocenters. The Morgan fingerprint density at radius 3 is 2.52 bits per heavy atom. The SMILES string of the molecule is CC(=O)NC(CC(=O)OCC(=O)Nc1c(C)nn(-c2ccccc2)c1C)c1cccs1. The van der Waals surface area contributed by atoms with Gasteiger partial charge in [-0.2, -0.15) is 5.10 Å². The Balaban J connectivity index is 1.58. The van der Waals surface area contributed by atoms with Crippen molar-refractivity contribution in [3.63, 3.8) is 0 Å². The van der Waals surface area contributed by atoms with E-state index in [1.165, 1.54) is 18.3 Å². The molecule has 3 rings (SSSR count). The van der Waals surface area contributed by atoms with Crippen molar-refractivity contribution in [3.8, 4) is 5.69 Å². The van der Waals surface area contributed by atoms with Gasteiger partial charge in [0.15, 0.2) is 6.61 Å². The quantitative estimate of drug-likeness (QED) is 0.523. The monoisotopic (exact) mass is 440 g/mol. The summed E-state index contributed by atoms with van der Waals surface area (Å²) in [6.07, 6.45) is -0.0582. The first-order valence-corrected chi connectivity index (χ1v) is 10.6. The second-order valence-corrected chi connectivity index (χ2v) is 7.95. The number of thiophene rings is 1. The third kappa shape index (κ3) is 5.79. The number of nitrogens with zero attached hydrogens (tertiary/aromatic N) is 2. The molecule has 8 nitrogen and oxygen atoms in total. The summed E-state index contributed by atoms with van der Waals surface area (Å²) in [7, 11) is 0. The predicted octanol–water partition coefficient (Wildman–Crippen LogP) is 3.30. The van der Waals surface area contributed by atoms with Crippen LogP contribution in [0.25, 0.3) is 5.69 Å². The Hall–Kier alpha value is -3.46. The minimum absolute atomic E-state index is 0.0582. The summed E-state index contributed by atoms with van der Waals surface area (Å²) in [5.41, 5.74) is 2.89. The lowest BCUT2D eigenvalue weighted by Gasteiger charge is -2.15. The summed E-state index contributed by atoms with van der Waals surface area (Å²) in [6.45, 7) is 4.62. The maximum atomic E-state index is 12.4. The van der Waals surface area contributed by atoms with Crippen LogP contribution in [0.15, 0.2) is 47.8 Å². The van der Waals surface area contributed by atoms with Crippen LogP contribution in [0, 0.1) is 13.8 Å². The lowest BCUT2D eigenvalue weighted by molar-refractivity contribution is -0.147. The first-order valence-electron chi connectivity index (χ1n) is 9.72. The van der Waals surface area contributed by atoms with Crippen LogP contribution < -0.4 is 10.6 Å². The number of para-hydroxylation sites is 1. The van der Waals surface area contributed by atoms with E-state index >= 15 is 0 Å². The van der Waals surface area contributed by atoms with Gasteiger partial charge in [-0.05, 0) is 37.4 Å². The maximum absolute atomic E-state index is 12.4. The molecule has 2 N–H and O–H groups in total. The van der Waals surface area contributed by atoms with Gasteiger partial charge in [0, 0.05) is 11.8 Å². The van der Waals surface area contributed by atoms with E-state index in [1.807, 2.05) is 54.8 Å². The zero-order valence-electron chi connectivity index (χ0n) is 17.5. The van der Waals surface area contributed by atoms with Crippen LogP contribution >= 0.6 is 11.3 Å². The van der Waals surface area contributed by atoms with Gasteiger partial charge in [-0.25, -0.2) is 4.68 Å². The summed E-state index contributed by atoms with van der Waals surface area (Å²) in [4.78, 5) is 36.9. The van der Waals surface area contributed by atoms with E-state index in [9.17, 15) is 14.4 Å². The Morgan fingerprint density at radius 1 is 1.13 bits per heavy atom. The predicted molar refractivity (Wildman–Crippen MR) is 118 cm³/mol. The van der Waals surface area contributed by atoms with E-state index in [2.05, 4.69) is 15.7 Å². The van der Waals surface area contributed by atoms with Crippen molar-refractivity contribution in [1.29, 1.82) is 0 Å². The number of carbonyl (C=O) groups excluding carboxylic acids is 3. The fourth-order valence-electron chi connectivity index (χ4n) is 3.15. The molecular weight excluding hydrogens is 416 g/mol. The highest BCUT2D eigenvalue weighted by Crippen LogP contribution is 2.24. The van der Waals surface area contributed by atoms with Crippen LogP contribution in [0.5, 0.6) is 0 Å². The van der Waals surface area contributed by atoms with Gasteiger partial charge in [0.05, 0.1) is 35.2 Å². The highest BCUT2D eigenvalue weighted by molar-refractivity contribution is 7.10. The van der Waals surface area contributed by atoms with Crippen LogP contribution in [-0.2, 0) is 19.1 Å². The van der Waals surface area contributed by atoms with Gasteiger partial charge in [0.2, 0.25) is 5.91 Å². The highest BCUT2D eigenvalue weighted by Gasteiger charge is 2.20. The molecular formula is C22H24N4O4S. The highest BCUT2D eigenvalue weighted by atomic mass is 32.1. The number of anilines is 1. The van der Waals surface area contributed by atoms with Gasteiger partial charge >= 0.3 is 5.97 Å². The van der Waals surface area contributed by atoms with Gasteiger partial charge < -0.3 is 15.4 Å². The van der Waals surface area contributed by atoms with Gasteiger partial charge in [0.1, 0.15) is 0 Å². The molecule has 2 heterocycles. The first kappa shape index (κ1) is 22.2. The molecule has 0 aliphatic carbocycles. The Bertz CT molecular complexity index is 1060. The van der Waals surface area contributed by atoms with Gasteiger partial charge in [0.25, 0.3) is 5.91 Å². The summed E-state index contributed by atoms with van der Waals surface area (Å²) in [6, 6.07) is 12.8. The summed E-state index contributed by atoms with van der Waals surface area (Å²) < 4.78 is 6.88. The second-order valence-electron chi connectivity index (χ2n) is 6.97. The number of benzene rings is 1. The minimum atomic E-state index is -0.573. The van der Waals surface area contributed by atoms with Gasteiger partial charge in [-0.15, -0.1) is 11.3 Å². The zero-order chi connectivity index (χ0) is 22.4. The maximum Gasteiger partial charge on any atom is 0.308 e. The van der Waals surface area contributed by atoms with Gasteiger partial charge in [-0.1, -0.05) is 24.3 Å². The summed E-state index contributed by atoms with van der Waals surface area (Å²) >= 11 is 1.43. The number of hydrogen-bond acceptors (Lipinski definition) is 6. The van der Waals surface area contributed by atoms with Crippen molar-refractivity contribution in [3.05, 3.63) is 64.1 Å². The average Bonchev–Trinajstić information content (AvgIpc) is 3.37. The smallest absolute Gasteiger partial charge is 0.308 e. The van der Waals surface area contributed by atoms with Crippen molar-refractivity contribution in [2.45, 2.75) is 33.2 Å². The Kier molecular flexibility index (Phi) is 7.19. The normalized spacial score (nSPS) is 11.6. The fraction of sp³-hybridized carbons (Fsp3) is 0.273. The van der Waals surface area contributed by atoms with Crippen LogP contribution in [-0.4, -0.2) is 34.2 Å². The van der Waals surface area contributed by atoms with E-state index in [4.69, 9.17) is 4.74 Å². The number of amides is 2. The largest absolute Gasteiger partial charge is 0.455 e. The van der Waals surface area contributed by atoms with E-state index in [1.54, 1.807) is 11.6 Å². The molecule has 0 spiro atoms. The molecule has 1 aromatic carbocycles. The summed E-state index contributed by atoms with van der Waals surface area (Å²) in [5.74, 6) is -1.28. The lowest BCUT2D eigenvalue weighted by atomic mass is 10.1. The summed E-state index contributed by atoms with van der Waals surface area (Å²) in [5, 5.41) is 11.8. The average molecular weight is 441 g/mol. The minimum Gasteiger partial charge on any atom is -0.455 e. The molecule has 1 unspecified atom stereocenters. The molecule has 2 amide bonds. The fourth-order valence-corrected chi connectivity index (χ4v) is 3.93. The topological polar surface area (TPSA) is 102 Å². The molecule has 0 bridgehead atoms. The molecule has 2 aromatic heterocycles. The molecule has 0 saturated carbocycles. The lowest BCUT2D eigenvalue weighted by Crippen LogP contribution is -2.29. The molecule has 0 saturated heterocycles. The first-order chi connectivity index (χ1) is 14.8.